The second-order valence-electron chi connectivity index (χ2n) is 3.50. The molecule has 5 nitrogen and oxygen atoms in total. The van der Waals surface area contributed by atoms with Crippen LogP contribution in [0.25, 0.3) is 0 Å². The molecular weight excluding hydrogens is 230 g/mol. The number of carbonyl (C=O) groups excluding carboxylic acids is 1. The maximum Gasteiger partial charge on any atom is 0.407 e. The van der Waals surface area contributed by atoms with Crippen LogP contribution in [0.4, 0.5) is 4.79 Å². The minimum atomic E-state index is -0.920. The van der Waals surface area contributed by atoms with Gasteiger partial charge in [-0.2, -0.15) is 0 Å². The molecule has 0 fully saturated rings. The van der Waals surface area contributed by atoms with Gasteiger partial charge in [0.1, 0.15) is 4.88 Å². The number of thiophene rings is 1. The molecule has 0 spiro atoms. The molecule has 2 rings (SSSR count). The highest BCUT2D eigenvalue weighted by molar-refractivity contribution is 7.14. The third-order valence-corrected chi connectivity index (χ3v) is 3.74. The molecule has 0 atom stereocenters. The highest BCUT2D eigenvalue weighted by Gasteiger charge is 2.23. The molecule has 0 unspecified atom stereocenters. The van der Waals surface area contributed by atoms with Crippen molar-refractivity contribution in [2.24, 2.45) is 0 Å². The highest BCUT2D eigenvalue weighted by Crippen LogP contribution is 2.28. The number of amides is 1. The van der Waals surface area contributed by atoms with Crippen molar-refractivity contribution in [3.8, 4) is 0 Å². The molecule has 16 heavy (non-hydrogen) atoms. The molecular formula is C10H11NO4S. The summed E-state index contributed by atoms with van der Waals surface area (Å²) in [5.74, 6) is -0.360. The Morgan fingerprint density at radius 2 is 2.31 bits per heavy atom. The normalized spacial score (nSPS) is 14.4. The van der Waals surface area contributed by atoms with E-state index >= 15 is 0 Å². The zero-order valence-electron chi connectivity index (χ0n) is 8.73. The van der Waals surface area contributed by atoms with Crippen LogP contribution in [0.15, 0.2) is 6.07 Å². The molecule has 6 heteroatoms. The molecule has 86 valence electrons. The Labute approximate surface area is 96.2 Å². The second kappa shape index (κ2) is 4.13. The van der Waals surface area contributed by atoms with Crippen LogP contribution < -0.4 is 0 Å². The first kappa shape index (κ1) is 10.9. The number of carboxylic acid groups (broad SMARTS) is 1. The number of methoxy groups -OCH3 is 1. The van der Waals surface area contributed by atoms with E-state index in [-0.39, 0.29) is 5.97 Å². The Bertz CT molecular complexity index is 440. The first-order valence-electron chi connectivity index (χ1n) is 4.79. The van der Waals surface area contributed by atoms with Crippen LogP contribution in [0.2, 0.25) is 0 Å². The van der Waals surface area contributed by atoms with Crippen molar-refractivity contribution < 1.29 is 19.4 Å². The molecule has 1 aromatic heterocycles. The van der Waals surface area contributed by atoms with Crippen molar-refractivity contribution in [3.05, 3.63) is 21.4 Å². The molecule has 0 aromatic carbocycles. The fourth-order valence-corrected chi connectivity index (χ4v) is 2.78. The molecule has 1 amide bonds. The average Bonchev–Trinajstić information content (AvgIpc) is 2.70. The summed E-state index contributed by atoms with van der Waals surface area (Å²) < 4.78 is 4.63. The first-order chi connectivity index (χ1) is 7.61. The summed E-state index contributed by atoms with van der Waals surface area (Å²) in [5.41, 5.74) is 0.916. The Hall–Kier alpha value is -1.56. The van der Waals surface area contributed by atoms with Crippen LogP contribution in [0, 0.1) is 0 Å². The Morgan fingerprint density at radius 3 is 2.94 bits per heavy atom. The van der Waals surface area contributed by atoms with Gasteiger partial charge >= 0.3 is 12.1 Å². The van der Waals surface area contributed by atoms with Crippen molar-refractivity contribution in [2.75, 3.05) is 13.7 Å². The lowest BCUT2D eigenvalue weighted by molar-refractivity contribution is 0.0606. The second-order valence-corrected chi connectivity index (χ2v) is 4.64. The molecule has 1 aliphatic heterocycles. The summed E-state index contributed by atoms with van der Waals surface area (Å²) in [6.45, 7) is 0.849. The molecule has 2 heterocycles. The van der Waals surface area contributed by atoms with Gasteiger partial charge in [-0.3, -0.25) is 0 Å². The topological polar surface area (TPSA) is 66.8 Å². The molecule has 0 aliphatic carbocycles. The molecule has 1 aliphatic rings. The van der Waals surface area contributed by atoms with E-state index in [2.05, 4.69) is 4.74 Å². The summed E-state index contributed by atoms with van der Waals surface area (Å²) in [4.78, 5) is 25.1. The van der Waals surface area contributed by atoms with E-state index < -0.39 is 6.09 Å². The number of hydrogen-bond acceptors (Lipinski definition) is 4. The Balaban J connectivity index is 2.23. The highest BCUT2D eigenvalue weighted by atomic mass is 32.1. The van der Waals surface area contributed by atoms with Crippen molar-refractivity contribution in [3.63, 3.8) is 0 Å². The third kappa shape index (κ3) is 1.88. The fraction of sp³-hybridized carbons (Fsp3) is 0.400. The van der Waals surface area contributed by atoms with Crippen LogP contribution in [0.1, 0.15) is 20.1 Å². The van der Waals surface area contributed by atoms with Crippen LogP contribution in [0.3, 0.4) is 0 Å². The number of nitrogens with zero attached hydrogens (tertiary/aromatic N) is 1. The quantitative estimate of drug-likeness (QED) is 0.758. The van der Waals surface area contributed by atoms with Crippen molar-refractivity contribution in [1.29, 1.82) is 0 Å². The number of esters is 1. The number of ether oxygens (including phenoxy) is 1. The first-order valence-corrected chi connectivity index (χ1v) is 5.61. The average molecular weight is 241 g/mol. The lowest BCUT2D eigenvalue weighted by Crippen LogP contribution is -2.33. The lowest BCUT2D eigenvalue weighted by atomic mass is 10.1. The van der Waals surface area contributed by atoms with Gasteiger partial charge in [0.15, 0.2) is 0 Å². The van der Waals surface area contributed by atoms with Gasteiger partial charge < -0.3 is 14.7 Å². The minimum Gasteiger partial charge on any atom is -0.465 e. The molecule has 1 N–H and O–H groups in total. The van der Waals surface area contributed by atoms with Gasteiger partial charge in [0, 0.05) is 11.4 Å². The van der Waals surface area contributed by atoms with Gasteiger partial charge in [0.05, 0.1) is 13.7 Å². The van der Waals surface area contributed by atoms with Gasteiger partial charge in [0.2, 0.25) is 0 Å². The zero-order valence-corrected chi connectivity index (χ0v) is 9.54. The monoisotopic (exact) mass is 241 g/mol. The van der Waals surface area contributed by atoms with Crippen LogP contribution in [0.5, 0.6) is 0 Å². The van der Waals surface area contributed by atoms with Crippen LogP contribution in [-0.2, 0) is 17.7 Å². The van der Waals surface area contributed by atoms with E-state index in [4.69, 9.17) is 5.11 Å². The predicted octanol–water partition coefficient (Wildman–Crippen LogP) is 1.57. The molecule has 0 bridgehead atoms. The smallest absolute Gasteiger partial charge is 0.407 e. The van der Waals surface area contributed by atoms with Gasteiger partial charge in [-0.05, 0) is 18.1 Å². The van der Waals surface area contributed by atoms with Crippen LogP contribution >= 0.6 is 11.3 Å². The van der Waals surface area contributed by atoms with Crippen molar-refractivity contribution in [1.82, 2.24) is 4.90 Å². The molecule has 0 saturated heterocycles. The van der Waals surface area contributed by atoms with E-state index in [9.17, 15) is 9.59 Å². The summed E-state index contributed by atoms with van der Waals surface area (Å²) in [5, 5.41) is 8.86. The minimum absolute atomic E-state index is 0.359. The molecule has 0 radical (unpaired) electrons. The van der Waals surface area contributed by atoms with Gasteiger partial charge in [-0.25, -0.2) is 9.59 Å². The van der Waals surface area contributed by atoms with E-state index in [0.717, 1.165) is 10.4 Å². The number of fused-ring (bicyclic) bond motifs is 1. The van der Waals surface area contributed by atoms with Crippen molar-refractivity contribution >= 4 is 23.4 Å². The molecule has 0 saturated carbocycles. The zero-order chi connectivity index (χ0) is 11.7. The van der Waals surface area contributed by atoms with E-state index in [0.29, 0.717) is 24.4 Å². The Kier molecular flexibility index (Phi) is 2.82. The number of carbonyl (C=O) groups is 2. The number of hydrogen-bond donors (Lipinski definition) is 1. The van der Waals surface area contributed by atoms with Gasteiger partial charge in [0.25, 0.3) is 0 Å². The maximum absolute atomic E-state index is 11.3. The van der Waals surface area contributed by atoms with E-state index in [1.807, 2.05) is 0 Å². The standard InChI is InChI=1S/C10H11NO4S/c1-15-9(12)8-4-6-5-11(10(13)14)3-2-7(6)16-8/h4H,2-3,5H2,1H3,(H,13,14). The van der Waals surface area contributed by atoms with E-state index in [1.165, 1.54) is 23.3 Å². The van der Waals surface area contributed by atoms with Gasteiger partial charge in [-0.15, -0.1) is 11.3 Å². The summed E-state index contributed by atoms with van der Waals surface area (Å²) >= 11 is 1.39. The van der Waals surface area contributed by atoms with Crippen molar-refractivity contribution in [2.45, 2.75) is 13.0 Å². The SMILES string of the molecule is COC(=O)c1cc2c(s1)CCN(C(=O)O)C2. The lowest BCUT2D eigenvalue weighted by Gasteiger charge is -2.23. The van der Waals surface area contributed by atoms with Crippen LogP contribution in [-0.4, -0.2) is 35.7 Å². The summed E-state index contributed by atoms with van der Waals surface area (Å²) in [6.07, 6.45) is -0.250. The predicted molar refractivity (Wildman–Crippen MR) is 57.8 cm³/mol. The summed E-state index contributed by atoms with van der Waals surface area (Å²) in [6, 6.07) is 1.72. The fourth-order valence-electron chi connectivity index (χ4n) is 1.70. The third-order valence-electron chi connectivity index (χ3n) is 2.52. The number of rotatable bonds is 1. The Morgan fingerprint density at radius 1 is 1.56 bits per heavy atom. The van der Waals surface area contributed by atoms with E-state index in [1.54, 1.807) is 6.07 Å². The van der Waals surface area contributed by atoms with Gasteiger partial charge in [-0.1, -0.05) is 0 Å². The maximum atomic E-state index is 11.3. The molecule has 1 aromatic rings. The summed E-state index contributed by atoms with van der Waals surface area (Å²) in [7, 11) is 1.34. The largest absolute Gasteiger partial charge is 0.465 e.